The third kappa shape index (κ3) is 0.700. The first-order valence-corrected chi connectivity index (χ1v) is 3.81. The molecule has 0 aromatic carbocycles. The van der Waals surface area contributed by atoms with Crippen LogP contribution < -0.4 is 11.1 Å². The van der Waals surface area contributed by atoms with Crippen molar-refractivity contribution in [3.8, 4) is 0 Å². The Morgan fingerprint density at radius 1 is 1.44 bits per heavy atom. The first kappa shape index (κ1) is 5.69. The highest BCUT2D eigenvalue weighted by atomic mass is 15.0. The van der Waals surface area contributed by atoms with E-state index < -0.39 is 0 Å². The highest BCUT2D eigenvalue weighted by molar-refractivity contribution is 5.03. The average molecular weight is 126 g/mol. The molecule has 2 atom stereocenters. The Balaban J connectivity index is 2.05. The van der Waals surface area contributed by atoms with Crippen molar-refractivity contribution in [2.75, 3.05) is 13.1 Å². The van der Waals surface area contributed by atoms with Crippen LogP contribution in [0.4, 0.5) is 0 Å². The van der Waals surface area contributed by atoms with Gasteiger partial charge in [-0.15, -0.1) is 0 Å². The minimum absolute atomic E-state index is 0.255. The summed E-state index contributed by atoms with van der Waals surface area (Å²) in [4.78, 5) is 0. The molecule has 0 spiro atoms. The number of hydrogen-bond acceptors (Lipinski definition) is 2. The van der Waals surface area contributed by atoms with Crippen LogP contribution in [0.1, 0.15) is 19.3 Å². The lowest BCUT2D eigenvalue weighted by molar-refractivity contribution is 0.0883. The first-order chi connectivity index (χ1) is 4.31. The van der Waals surface area contributed by atoms with Crippen LogP contribution in [0.2, 0.25) is 0 Å². The van der Waals surface area contributed by atoms with Gasteiger partial charge in [-0.3, -0.25) is 0 Å². The van der Waals surface area contributed by atoms with E-state index in [-0.39, 0.29) is 5.54 Å². The quantitative estimate of drug-likeness (QED) is 0.482. The Bertz CT molecular complexity index is 124. The van der Waals surface area contributed by atoms with Crippen LogP contribution in [-0.2, 0) is 0 Å². The highest BCUT2D eigenvalue weighted by Crippen LogP contribution is 2.39. The van der Waals surface area contributed by atoms with Crippen LogP contribution in [0.5, 0.6) is 0 Å². The Morgan fingerprint density at radius 2 is 2.33 bits per heavy atom. The maximum atomic E-state index is 6.07. The van der Waals surface area contributed by atoms with E-state index in [9.17, 15) is 0 Å². The fourth-order valence-corrected chi connectivity index (χ4v) is 1.95. The van der Waals surface area contributed by atoms with Gasteiger partial charge in [0.05, 0.1) is 0 Å². The van der Waals surface area contributed by atoms with Crippen molar-refractivity contribution in [1.82, 2.24) is 5.32 Å². The largest absolute Gasteiger partial charge is 0.325 e. The zero-order valence-electron chi connectivity index (χ0n) is 5.69. The number of nitrogens with one attached hydrogen (secondary N) is 1. The van der Waals surface area contributed by atoms with Crippen molar-refractivity contribution in [3.63, 3.8) is 0 Å². The monoisotopic (exact) mass is 126 g/mol. The molecule has 52 valence electrons. The Kier molecular flexibility index (Phi) is 1.08. The molecule has 2 rings (SSSR count). The van der Waals surface area contributed by atoms with E-state index in [4.69, 9.17) is 5.73 Å². The molecule has 2 unspecified atom stereocenters. The highest BCUT2D eigenvalue weighted by Gasteiger charge is 2.44. The van der Waals surface area contributed by atoms with Crippen molar-refractivity contribution < 1.29 is 0 Å². The minimum atomic E-state index is 0.255. The van der Waals surface area contributed by atoms with E-state index >= 15 is 0 Å². The van der Waals surface area contributed by atoms with E-state index in [2.05, 4.69) is 5.32 Å². The van der Waals surface area contributed by atoms with Gasteiger partial charge in [0.25, 0.3) is 0 Å². The lowest BCUT2D eigenvalue weighted by atomic mass is 9.64. The predicted octanol–water partition coefficient (Wildman–Crippen LogP) is 0.0872. The van der Waals surface area contributed by atoms with E-state index in [1.165, 1.54) is 19.3 Å². The normalized spacial score (nSPS) is 49.7. The van der Waals surface area contributed by atoms with Crippen LogP contribution in [0, 0.1) is 5.92 Å². The maximum Gasteiger partial charge on any atom is 0.0207 e. The molecule has 2 aliphatic rings. The number of piperidine rings is 1. The number of fused-ring (bicyclic) bond motifs is 1. The van der Waals surface area contributed by atoms with Gasteiger partial charge in [-0.05, 0) is 38.3 Å². The molecule has 2 fully saturated rings. The summed E-state index contributed by atoms with van der Waals surface area (Å²) in [6.07, 6.45) is 3.81. The summed E-state index contributed by atoms with van der Waals surface area (Å²) < 4.78 is 0. The van der Waals surface area contributed by atoms with Crippen LogP contribution in [0.25, 0.3) is 0 Å². The number of rotatable bonds is 0. The molecule has 0 aromatic rings. The second-order valence-electron chi connectivity index (χ2n) is 3.42. The van der Waals surface area contributed by atoms with Gasteiger partial charge in [-0.2, -0.15) is 0 Å². The second-order valence-corrected chi connectivity index (χ2v) is 3.42. The van der Waals surface area contributed by atoms with Crippen molar-refractivity contribution >= 4 is 0 Å². The molecular weight excluding hydrogens is 112 g/mol. The van der Waals surface area contributed by atoms with Gasteiger partial charge in [0.2, 0.25) is 0 Å². The lowest BCUT2D eigenvalue weighted by Gasteiger charge is -2.50. The third-order valence-corrected chi connectivity index (χ3v) is 2.93. The Labute approximate surface area is 55.8 Å². The van der Waals surface area contributed by atoms with Crippen LogP contribution in [-0.4, -0.2) is 18.6 Å². The van der Waals surface area contributed by atoms with E-state index in [1.54, 1.807) is 0 Å². The van der Waals surface area contributed by atoms with E-state index in [0.29, 0.717) is 0 Å². The van der Waals surface area contributed by atoms with E-state index in [0.717, 1.165) is 19.0 Å². The molecule has 1 saturated carbocycles. The van der Waals surface area contributed by atoms with Gasteiger partial charge in [-0.25, -0.2) is 0 Å². The summed E-state index contributed by atoms with van der Waals surface area (Å²) in [5, 5.41) is 3.36. The Morgan fingerprint density at radius 3 is 2.67 bits per heavy atom. The molecule has 1 heterocycles. The second kappa shape index (κ2) is 1.70. The van der Waals surface area contributed by atoms with Crippen LogP contribution in [0.15, 0.2) is 0 Å². The molecular formula is C7H14N2. The summed E-state index contributed by atoms with van der Waals surface area (Å²) in [6, 6.07) is 0. The molecule has 1 aliphatic heterocycles. The van der Waals surface area contributed by atoms with Gasteiger partial charge in [0.15, 0.2) is 0 Å². The summed E-state index contributed by atoms with van der Waals surface area (Å²) in [5.74, 6) is 0.797. The summed E-state index contributed by atoms with van der Waals surface area (Å²) in [6.45, 7) is 2.30. The summed E-state index contributed by atoms with van der Waals surface area (Å²) >= 11 is 0. The van der Waals surface area contributed by atoms with Gasteiger partial charge < -0.3 is 11.1 Å². The van der Waals surface area contributed by atoms with Crippen molar-refractivity contribution in [3.05, 3.63) is 0 Å². The fraction of sp³-hybridized carbons (Fsp3) is 1.00. The molecule has 3 N–H and O–H groups in total. The predicted molar refractivity (Wildman–Crippen MR) is 37.1 cm³/mol. The molecule has 2 nitrogen and oxygen atoms in total. The van der Waals surface area contributed by atoms with Crippen LogP contribution >= 0.6 is 0 Å². The minimum Gasteiger partial charge on any atom is -0.325 e. The average Bonchev–Trinajstić information content (AvgIpc) is 1.82. The lowest BCUT2D eigenvalue weighted by Crippen LogP contribution is -2.62. The molecule has 0 bridgehead atoms. The number of nitrogens with two attached hydrogens (primary N) is 1. The molecule has 1 saturated heterocycles. The molecule has 0 aromatic heterocycles. The van der Waals surface area contributed by atoms with Crippen molar-refractivity contribution in [2.45, 2.75) is 24.8 Å². The smallest absolute Gasteiger partial charge is 0.0207 e. The maximum absolute atomic E-state index is 6.07. The SMILES string of the molecule is NC12CCNCC1CC2. The standard InChI is InChI=1S/C7H14N2/c8-7-2-1-6(7)5-9-4-3-7/h6,9H,1-5,8H2. The van der Waals surface area contributed by atoms with Crippen molar-refractivity contribution in [1.29, 1.82) is 0 Å². The Hall–Kier alpha value is -0.0800. The molecule has 1 aliphatic carbocycles. The van der Waals surface area contributed by atoms with Gasteiger partial charge >= 0.3 is 0 Å². The van der Waals surface area contributed by atoms with Gasteiger partial charge in [0, 0.05) is 5.54 Å². The zero-order valence-corrected chi connectivity index (χ0v) is 5.69. The van der Waals surface area contributed by atoms with Gasteiger partial charge in [-0.1, -0.05) is 0 Å². The molecule has 0 radical (unpaired) electrons. The van der Waals surface area contributed by atoms with Gasteiger partial charge in [0.1, 0.15) is 0 Å². The molecule has 9 heavy (non-hydrogen) atoms. The third-order valence-electron chi connectivity index (χ3n) is 2.93. The topological polar surface area (TPSA) is 38.0 Å². The first-order valence-electron chi connectivity index (χ1n) is 3.81. The molecule has 0 amide bonds. The number of hydrogen-bond donors (Lipinski definition) is 2. The zero-order chi connectivity index (χ0) is 6.32. The fourth-order valence-electron chi connectivity index (χ4n) is 1.95. The summed E-state index contributed by atoms with van der Waals surface area (Å²) in [7, 11) is 0. The van der Waals surface area contributed by atoms with E-state index in [1.807, 2.05) is 0 Å². The summed E-state index contributed by atoms with van der Waals surface area (Å²) in [5.41, 5.74) is 6.32. The van der Waals surface area contributed by atoms with Crippen LogP contribution in [0.3, 0.4) is 0 Å². The van der Waals surface area contributed by atoms with Crippen molar-refractivity contribution in [2.24, 2.45) is 11.7 Å². The molecule has 2 heteroatoms.